The summed E-state index contributed by atoms with van der Waals surface area (Å²) in [5.74, 6) is 0.378. The summed E-state index contributed by atoms with van der Waals surface area (Å²) >= 11 is 0. The van der Waals surface area contributed by atoms with E-state index in [1.807, 2.05) is 0 Å². The maximum atomic E-state index is 11.8. The summed E-state index contributed by atoms with van der Waals surface area (Å²) in [5.41, 5.74) is 0. The molecule has 0 bridgehead atoms. The molecule has 0 saturated heterocycles. The van der Waals surface area contributed by atoms with Gasteiger partial charge in [-0.2, -0.15) is 13.2 Å². The summed E-state index contributed by atoms with van der Waals surface area (Å²) in [6.45, 7) is 0.712. The maximum absolute atomic E-state index is 11.8. The lowest BCUT2D eigenvalue weighted by atomic mass is 9.82. The Bertz CT molecular complexity index is 177. The molecule has 2 nitrogen and oxygen atoms in total. The molecule has 0 heterocycles. The first-order chi connectivity index (χ1) is 6.37. The summed E-state index contributed by atoms with van der Waals surface area (Å²) in [6, 6.07) is 0. The molecule has 0 aromatic carbocycles. The summed E-state index contributed by atoms with van der Waals surface area (Å²) in [7, 11) is 1.69. The first-order valence-corrected chi connectivity index (χ1v) is 4.80. The lowest BCUT2D eigenvalue weighted by molar-refractivity contribution is -0.138. The molecule has 0 amide bonds. The van der Waals surface area contributed by atoms with Crippen LogP contribution in [0.15, 0.2) is 0 Å². The Balaban J connectivity index is 2.07. The minimum atomic E-state index is -4.06. The predicted octanol–water partition coefficient (Wildman–Crippen LogP) is 1.64. The quantitative estimate of drug-likeness (QED) is 0.764. The average Bonchev–Trinajstić information content (AvgIpc) is 1.97. The van der Waals surface area contributed by atoms with Crippen molar-refractivity contribution in [3.8, 4) is 0 Å². The Hall–Kier alpha value is -0.290. The van der Waals surface area contributed by atoms with Crippen LogP contribution in [0.4, 0.5) is 13.2 Å². The third kappa shape index (κ3) is 4.28. The van der Waals surface area contributed by atoms with E-state index in [2.05, 4.69) is 0 Å². The van der Waals surface area contributed by atoms with Crippen LogP contribution in [0.3, 0.4) is 0 Å². The van der Waals surface area contributed by atoms with Gasteiger partial charge in [0.15, 0.2) is 0 Å². The topological polar surface area (TPSA) is 23.5 Å². The summed E-state index contributed by atoms with van der Waals surface area (Å²) < 4.78 is 35.5. The van der Waals surface area contributed by atoms with Gasteiger partial charge in [0.25, 0.3) is 0 Å². The molecule has 14 heavy (non-hydrogen) atoms. The van der Waals surface area contributed by atoms with E-state index in [0.717, 1.165) is 12.8 Å². The molecule has 1 rings (SSSR count). The molecule has 1 fully saturated rings. The van der Waals surface area contributed by atoms with Gasteiger partial charge in [-0.1, -0.05) is 0 Å². The molecule has 0 aromatic rings. The van der Waals surface area contributed by atoms with E-state index in [-0.39, 0.29) is 12.6 Å². The fourth-order valence-corrected chi connectivity index (χ4v) is 1.70. The number of rotatable bonds is 4. The molecule has 1 N–H and O–H groups in total. The summed E-state index contributed by atoms with van der Waals surface area (Å²) in [5, 5.41) is 8.99. The van der Waals surface area contributed by atoms with E-state index >= 15 is 0 Å². The van der Waals surface area contributed by atoms with Gasteiger partial charge in [0.05, 0.1) is 12.5 Å². The van der Waals surface area contributed by atoms with Gasteiger partial charge in [0.2, 0.25) is 0 Å². The highest BCUT2D eigenvalue weighted by Gasteiger charge is 2.30. The van der Waals surface area contributed by atoms with Crippen LogP contribution < -0.4 is 0 Å². The van der Waals surface area contributed by atoms with Crippen LogP contribution in [0.2, 0.25) is 0 Å². The normalized spacial score (nSPS) is 27.9. The van der Waals surface area contributed by atoms with Crippen molar-refractivity contribution in [1.29, 1.82) is 0 Å². The Morgan fingerprint density at radius 2 is 1.93 bits per heavy atom. The second-order valence-corrected chi connectivity index (χ2v) is 4.12. The van der Waals surface area contributed by atoms with Crippen LogP contribution in [0.5, 0.6) is 0 Å². The van der Waals surface area contributed by atoms with E-state index in [0.29, 0.717) is 12.5 Å². The Morgan fingerprint density at radius 1 is 1.36 bits per heavy atom. The second-order valence-electron chi connectivity index (χ2n) is 4.12. The molecule has 0 radical (unpaired) electrons. The molecule has 1 aliphatic rings. The van der Waals surface area contributed by atoms with Gasteiger partial charge in [-0.15, -0.1) is 0 Å². The van der Waals surface area contributed by atoms with Crippen LogP contribution in [0, 0.1) is 5.92 Å². The Labute approximate surface area is 81.7 Å². The van der Waals surface area contributed by atoms with Crippen molar-refractivity contribution in [3.63, 3.8) is 0 Å². The highest BCUT2D eigenvalue weighted by atomic mass is 19.4. The van der Waals surface area contributed by atoms with Crippen LogP contribution in [0.25, 0.3) is 0 Å². The largest absolute Gasteiger partial charge is 0.393 e. The van der Waals surface area contributed by atoms with Crippen molar-refractivity contribution in [2.75, 3.05) is 20.1 Å². The Kier molecular flexibility index (Phi) is 3.78. The zero-order valence-corrected chi connectivity index (χ0v) is 8.22. The van der Waals surface area contributed by atoms with Gasteiger partial charge in [0, 0.05) is 13.1 Å². The van der Waals surface area contributed by atoms with E-state index in [4.69, 9.17) is 5.11 Å². The smallest absolute Gasteiger partial charge is 0.390 e. The van der Waals surface area contributed by atoms with Crippen molar-refractivity contribution in [1.82, 2.24) is 4.90 Å². The Morgan fingerprint density at radius 3 is 2.36 bits per heavy atom. The van der Waals surface area contributed by atoms with Crippen LogP contribution in [-0.4, -0.2) is 42.4 Å². The predicted molar refractivity (Wildman–Crippen MR) is 46.9 cm³/mol. The lowest BCUT2D eigenvalue weighted by Crippen LogP contribution is -2.38. The third-order valence-corrected chi connectivity index (χ3v) is 2.56. The fraction of sp³-hybridized carbons (Fsp3) is 1.00. The van der Waals surface area contributed by atoms with Gasteiger partial charge >= 0.3 is 6.18 Å². The first-order valence-electron chi connectivity index (χ1n) is 4.80. The molecule has 0 unspecified atom stereocenters. The van der Waals surface area contributed by atoms with E-state index in [9.17, 15) is 13.2 Å². The van der Waals surface area contributed by atoms with Crippen LogP contribution in [0.1, 0.15) is 19.3 Å². The minimum Gasteiger partial charge on any atom is -0.393 e. The van der Waals surface area contributed by atoms with Crippen molar-refractivity contribution in [2.45, 2.75) is 31.5 Å². The second kappa shape index (κ2) is 4.49. The van der Waals surface area contributed by atoms with Crippen LogP contribution in [-0.2, 0) is 0 Å². The number of hydrogen-bond acceptors (Lipinski definition) is 2. The van der Waals surface area contributed by atoms with Gasteiger partial charge in [0.1, 0.15) is 0 Å². The number of nitrogens with zero attached hydrogens (tertiary/aromatic N) is 1. The third-order valence-electron chi connectivity index (χ3n) is 2.56. The highest BCUT2D eigenvalue weighted by molar-refractivity contribution is 4.80. The summed E-state index contributed by atoms with van der Waals surface area (Å²) in [4.78, 5) is 1.68. The van der Waals surface area contributed by atoms with E-state index < -0.39 is 12.6 Å². The molecular formula is C9H16F3NO. The van der Waals surface area contributed by atoms with Crippen molar-refractivity contribution in [3.05, 3.63) is 0 Å². The maximum Gasteiger partial charge on any atom is 0.390 e. The zero-order chi connectivity index (χ0) is 10.8. The number of aliphatic hydroxyl groups excluding tert-OH is 1. The highest BCUT2D eigenvalue weighted by Crippen LogP contribution is 2.28. The number of hydrogen-bond donors (Lipinski definition) is 1. The zero-order valence-electron chi connectivity index (χ0n) is 8.22. The first kappa shape index (κ1) is 11.8. The molecule has 0 spiro atoms. The van der Waals surface area contributed by atoms with Gasteiger partial charge in [-0.05, 0) is 25.8 Å². The fourth-order valence-electron chi connectivity index (χ4n) is 1.70. The standard InChI is InChI=1S/C9H16F3NO/c1-13(3-2-9(10,11)12)6-7-4-8(14)5-7/h7-8,14H,2-6H2,1H3. The number of aliphatic hydroxyl groups is 1. The van der Waals surface area contributed by atoms with E-state index in [1.54, 1.807) is 11.9 Å². The van der Waals surface area contributed by atoms with Crippen LogP contribution >= 0.6 is 0 Å². The summed E-state index contributed by atoms with van der Waals surface area (Å²) in [6.07, 6.45) is -3.57. The molecule has 84 valence electrons. The molecule has 5 heteroatoms. The number of alkyl halides is 3. The van der Waals surface area contributed by atoms with Gasteiger partial charge < -0.3 is 10.0 Å². The van der Waals surface area contributed by atoms with E-state index in [1.165, 1.54) is 0 Å². The average molecular weight is 211 g/mol. The van der Waals surface area contributed by atoms with Gasteiger partial charge in [-0.3, -0.25) is 0 Å². The molecule has 1 aliphatic carbocycles. The minimum absolute atomic E-state index is 0.0517. The molecule has 0 aromatic heterocycles. The number of halogens is 3. The van der Waals surface area contributed by atoms with Crippen molar-refractivity contribution in [2.24, 2.45) is 5.92 Å². The SMILES string of the molecule is CN(CCC(F)(F)F)CC1CC(O)C1. The molecule has 0 atom stereocenters. The molecule has 0 aliphatic heterocycles. The van der Waals surface area contributed by atoms with Crippen molar-refractivity contribution < 1.29 is 18.3 Å². The lowest BCUT2D eigenvalue weighted by Gasteiger charge is -2.34. The molecule has 1 saturated carbocycles. The van der Waals surface area contributed by atoms with Crippen molar-refractivity contribution >= 4 is 0 Å². The monoisotopic (exact) mass is 211 g/mol. The van der Waals surface area contributed by atoms with Gasteiger partial charge in [-0.25, -0.2) is 0 Å². The molecular weight excluding hydrogens is 195 g/mol.